The first kappa shape index (κ1) is 40.6. The van der Waals surface area contributed by atoms with E-state index >= 15 is 0 Å². The summed E-state index contributed by atoms with van der Waals surface area (Å²) in [6.07, 6.45) is 11.4. The number of rotatable bonds is 17. The van der Waals surface area contributed by atoms with Gasteiger partial charge in [-0.25, -0.2) is 0 Å². The van der Waals surface area contributed by atoms with E-state index in [9.17, 15) is 39.0 Å². The maximum atomic E-state index is 13.6. The van der Waals surface area contributed by atoms with Crippen LogP contribution >= 0.6 is 23.2 Å². The lowest BCUT2D eigenvalue weighted by molar-refractivity contribution is -0.146. The Morgan fingerprint density at radius 1 is 0.500 bits per heavy atom. The Labute approximate surface area is 314 Å². The Kier molecular flexibility index (Phi) is 15.8. The van der Waals surface area contributed by atoms with Gasteiger partial charge < -0.3 is 29.8 Å². The van der Waals surface area contributed by atoms with Crippen molar-refractivity contribution in [3.05, 3.63) is 59.7 Å². The van der Waals surface area contributed by atoms with Crippen LogP contribution in [-0.2, 0) is 28.8 Å². The van der Waals surface area contributed by atoms with Crippen molar-refractivity contribution in [3.63, 3.8) is 0 Å². The SMILES string of the molecule is O=C(O)CN(CCN(CC(=O)O)C(=O)CN(C(=O)CCl)c1ccc(C2CCCCC2)cc1)C(=O)CN(C(=O)CCl)c1ccc(C2CCCCC2)cc1. The molecular formula is C38H48Cl2N4O8. The summed E-state index contributed by atoms with van der Waals surface area (Å²) < 4.78 is 0. The number of nitrogens with zero attached hydrogens (tertiary/aromatic N) is 4. The summed E-state index contributed by atoms with van der Waals surface area (Å²) in [5.74, 6) is -5.26. The number of aliphatic carboxylic acids is 2. The van der Waals surface area contributed by atoms with E-state index in [0.717, 1.165) is 72.3 Å². The first-order valence-electron chi connectivity index (χ1n) is 17.9. The molecule has 0 spiro atoms. The molecular weight excluding hydrogens is 711 g/mol. The number of carboxylic acid groups (broad SMARTS) is 2. The van der Waals surface area contributed by atoms with Gasteiger partial charge in [-0.1, -0.05) is 62.8 Å². The molecule has 2 aliphatic carbocycles. The van der Waals surface area contributed by atoms with Crippen LogP contribution in [0.4, 0.5) is 11.4 Å². The fourth-order valence-electron chi connectivity index (χ4n) is 7.14. The summed E-state index contributed by atoms with van der Waals surface area (Å²) >= 11 is 11.8. The largest absolute Gasteiger partial charge is 0.480 e. The predicted octanol–water partition coefficient (Wildman–Crippen LogP) is 5.45. The number of halogens is 2. The Balaban J connectivity index is 1.47. The van der Waals surface area contributed by atoms with Gasteiger partial charge in [0.15, 0.2) is 0 Å². The molecule has 0 bridgehead atoms. The average molecular weight is 760 g/mol. The third-order valence-corrected chi connectivity index (χ3v) is 10.4. The zero-order chi connectivity index (χ0) is 37.6. The van der Waals surface area contributed by atoms with Crippen molar-refractivity contribution in [2.24, 2.45) is 0 Å². The standard InChI is InChI=1S/C38H48Cl2N4O8/c39-21-33(45)43(31-15-11-29(12-16-31)27-7-3-1-4-8-27)23-35(47)41(25-37(49)50)19-20-42(26-38(51)52)36(48)24-44(34(46)22-40)32-17-13-30(14-18-32)28-9-5-2-6-10-28/h11-18,27-28H,1-10,19-26H2,(H,49,50)(H,51,52). The lowest BCUT2D eigenvalue weighted by atomic mass is 9.84. The van der Waals surface area contributed by atoms with Crippen LogP contribution in [0.15, 0.2) is 48.5 Å². The van der Waals surface area contributed by atoms with Crippen LogP contribution in [0.5, 0.6) is 0 Å². The molecule has 0 aliphatic heterocycles. The molecule has 2 N–H and O–H groups in total. The molecule has 52 heavy (non-hydrogen) atoms. The quantitative estimate of drug-likeness (QED) is 0.202. The van der Waals surface area contributed by atoms with E-state index in [2.05, 4.69) is 0 Å². The molecule has 2 aromatic rings. The first-order valence-corrected chi connectivity index (χ1v) is 19.0. The van der Waals surface area contributed by atoms with Crippen molar-refractivity contribution in [1.82, 2.24) is 9.80 Å². The molecule has 4 amide bonds. The van der Waals surface area contributed by atoms with Crippen LogP contribution in [0, 0.1) is 0 Å². The second-order valence-electron chi connectivity index (χ2n) is 13.5. The van der Waals surface area contributed by atoms with Gasteiger partial charge in [-0.15, -0.1) is 23.2 Å². The molecule has 12 nitrogen and oxygen atoms in total. The van der Waals surface area contributed by atoms with Crippen LogP contribution < -0.4 is 9.80 Å². The van der Waals surface area contributed by atoms with Crippen molar-refractivity contribution < 1.29 is 39.0 Å². The van der Waals surface area contributed by atoms with Crippen molar-refractivity contribution in [2.75, 3.05) is 60.8 Å². The van der Waals surface area contributed by atoms with Crippen molar-refractivity contribution in [2.45, 2.75) is 76.0 Å². The van der Waals surface area contributed by atoms with Crippen LogP contribution in [-0.4, -0.2) is 107 Å². The maximum absolute atomic E-state index is 13.6. The third kappa shape index (κ3) is 11.7. The van der Waals surface area contributed by atoms with Gasteiger partial charge in [0, 0.05) is 24.5 Å². The molecule has 0 atom stereocenters. The Morgan fingerprint density at radius 2 is 0.827 bits per heavy atom. The van der Waals surface area contributed by atoms with Crippen molar-refractivity contribution in [3.8, 4) is 0 Å². The van der Waals surface area contributed by atoms with Gasteiger partial charge in [0.25, 0.3) is 0 Å². The number of carbonyl (C=O) groups is 6. The number of alkyl halides is 2. The summed E-state index contributed by atoms with van der Waals surface area (Å²) in [7, 11) is 0. The summed E-state index contributed by atoms with van der Waals surface area (Å²) in [4.78, 5) is 80.8. The second-order valence-corrected chi connectivity index (χ2v) is 14.0. The molecule has 4 rings (SSSR count). The van der Waals surface area contributed by atoms with Crippen LogP contribution in [0.2, 0.25) is 0 Å². The highest BCUT2D eigenvalue weighted by Gasteiger charge is 2.28. The molecule has 0 unspecified atom stereocenters. The van der Waals surface area contributed by atoms with E-state index in [1.54, 1.807) is 24.3 Å². The molecule has 0 heterocycles. The molecule has 282 valence electrons. The van der Waals surface area contributed by atoms with Crippen LogP contribution in [0.1, 0.15) is 87.2 Å². The van der Waals surface area contributed by atoms with Gasteiger partial charge in [-0.05, 0) is 72.9 Å². The molecule has 2 aromatic carbocycles. The minimum Gasteiger partial charge on any atom is -0.480 e. The summed E-state index contributed by atoms with van der Waals surface area (Å²) in [5, 5.41) is 19.2. The molecule has 0 aromatic heterocycles. The smallest absolute Gasteiger partial charge is 0.323 e. The highest BCUT2D eigenvalue weighted by atomic mass is 35.5. The fourth-order valence-corrected chi connectivity index (χ4v) is 7.43. The van der Waals surface area contributed by atoms with E-state index in [1.807, 2.05) is 24.3 Å². The van der Waals surface area contributed by atoms with E-state index < -0.39 is 73.5 Å². The number of carbonyl (C=O) groups excluding carboxylic acids is 4. The fraction of sp³-hybridized carbons (Fsp3) is 0.526. The number of hydrogen-bond acceptors (Lipinski definition) is 6. The van der Waals surface area contributed by atoms with E-state index in [0.29, 0.717) is 23.2 Å². The third-order valence-electron chi connectivity index (χ3n) is 9.98. The minimum atomic E-state index is -1.34. The molecule has 14 heteroatoms. The van der Waals surface area contributed by atoms with Gasteiger partial charge in [0.05, 0.1) is 0 Å². The summed E-state index contributed by atoms with van der Waals surface area (Å²) in [5.41, 5.74) is 3.14. The van der Waals surface area contributed by atoms with Gasteiger partial charge in [0.1, 0.15) is 37.9 Å². The Morgan fingerprint density at radius 3 is 1.12 bits per heavy atom. The number of benzene rings is 2. The van der Waals surface area contributed by atoms with Gasteiger partial charge >= 0.3 is 11.9 Å². The molecule has 2 aliphatic rings. The van der Waals surface area contributed by atoms with E-state index in [4.69, 9.17) is 23.2 Å². The monoisotopic (exact) mass is 758 g/mol. The zero-order valence-corrected chi connectivity index (χ0v) is 30.9. The van der Waals surface area contributed by atoms with Crippen molar-refractivity contribution in [1.29, 1.82) is 0 Å². The van der Waals surface area contributed by atoms with E-state index in [-0.39, 0.29) is 13.1 Å². The summed E-state index contributed by atoms with van der Waals surface area (Å²) in [6, 6.07) is 14.7. The summed E-state index contributed by atoms with van der Waals surface area (Å²) in [6.45, 7) is -3.28. The number of carboxylic acids is 2. The molecule has 0 radical (unpaired) electrons. The van der Waals surface area contributed by atoms with Crippen LogP contribution in [0.3, 0.4) is 0 Å². The predicted molar refractivity (Wildman–Crippen MR) is 199 cm³/mol. The normalized spacial score (nSPS) is 15.0. The minimum absolute atomic E-state index is 0.354. The Bertz CT molecular complexity index is 1430. The number of hydrogen-bond donors (Lipinski definition) is 2. The van der Waals surface area contributed by atoms with Gasteiger partial charge in [-0.2, -0.15) is 0 Å². The lowest BCUT2D eigenvalue weighted by Gasteiger charge is -2.30. The second kappa shape index (κ2) is 20.2. The highest BCUT2D eigenvalue weighted by Crippen LogP contribution is 2.34. The lowest BCUT2D eigenvalue weighted by Crippen LogP contribution is -2.50. The molecule has 2 saturated carbocycles. The molecule has 0 saturated heterocycles. The maximum Gasteiger partial charge on any atom is 0.323 e. The van der Waals surface area contributed by atoms with Gasteiger partial charge in [0.2, 0.25) is 23.6 Å². The zero-order valence-electron chi connectivity index (χ0n) is 29.4. The Hall–Kier alpha value is -4.16. The van der Waals surface area contributed by atoms with Crippen LogP contribution in [0.25, 0.3) is 0 Å². The number of amides is 4. The topological polar surface area (TPSA) is 156 Å². The average Bonchev–Trinajstić information content (AvgIpc) is 3.16. The van der Waals surface area contributed by atoms with Gasteiger partial charge in [-0.3, -0.25) is 28.8 Å². The first-order chi connectivity index (χ1) is 25.0. The van der Waals surface area contributed by atoms with Crippen molar-refractivity contribution >= 4 is 70.1 Å². The number of anilines is 2. The van der Waals surface area contributed by atoms with E-state index in [1.165, 1.54) is 22.6 Å². The molecule has 2 fully saturated rings. The highest BCUT2D eigenvalue weighted by molar-refractivity contribution is 6.30.